The van der Waals surface area contributed by atoms with Crippen LogP contribution in [-0.4, -0.2) is 26.7 Å². The third kappa shape index (κ3) is 3.85. The van der Waals surface area contributed by atoms with Crippen LogP contribution in [0, 0.1) is 12.7 Å². The maximum atomic E-state index is 14.1. The quantitative estimate of drug-likeness (QED) is 0.555. The van der Waals surface area contributed by atoms with E-state index in [2.05, 4.69) is 0 Å². The molecule has 0 aliphatic heterocycles. The molecule has 1 aromatic heterocycles. The second kappa shape index (κ2) is 8.25. The van der Waals surface area contributed by atoms with Gasteiger partial charge in [-0.3, -0.25) is 14.2 Å². The lowest BCUT2D eigenvalue weighted by Gasteiger charge is -2.13. The van der Waals surface area contributed by atoms with Crippen LogP contribution in [0.3, 0.4) is 0 Å². The molecule has 0 unspecified atom stereocenters. The van der Waals surface area contributed by atoms with Gasteiger partial charge >= 0.3 is 5.97 Å². The minimum Gasteiger partial charge on any atom is -0.505 e. The van der Waals surface area contributed by atoms with Gasteiger partial charge in [0.05, 0.1) is 11.4 Å². The Morgan fingerprint density at radius 3 is 2.45 bits per heavy atom. The number of carboxylic acids is 1. The largest absolute Gasteiger partial charge is 0.505 e. The number of phenols is 1. The number of aliphatic carboxylic acids is 1. The first kappa shape index (κ1) is 20.9. The fraction of sp³-hybridized carbons (Fsp3) is 0.273. The lowest BCUT2D eigenvalue weighted by Crippen LogP contribution is -2.16. The zero-order valence-corrected chi connectivity index (χ0v) is 16.8. The summed E-state index contributed by atoms with van der Waals surface area (Å²) in [5.41, 5.74) is 1.37. The van der Waals surface area contributed by atoms with E-state index in [1.807, 2.05) is 6.92 Å². The average molecular weight is 418 g/mol. The number of hydrogen-bond acceptors (Lipinski definition) is 3. The summed E-state index contributed by atoms with van der Waals surface area (Å²) in [6.07, 6.45) is 1.87. The number of rotatable bonds is 6. The standard InChI is InChI=1S/C22H21ClFNO4/c1-3-4-5-15(22(28)29)20-12(2)25(18-11-17(24)19(26)10-16(18)20)21(27)13-6-8-14(23)9-7-13/h6-11,15,26H,3-5H2,1-2H3,(H,28,29)/t15-/m0/s1. The van der Waals surface area contributed by atoms with Crippen molar-refractivity contribution < 1.29 is 24.2 Å². The third-order valence-corrected chi connectivity index (χ3v) is 5.36. The fourth-order valence-corrected chi connectivity index (χ4v) is 3.80. The van der Waals surface area contributed by atoms with E-state index in [1.165, 1.54) is 10.6 Å². The first-order valence-corrected chi connectivity index (χ1v) is 9.70. The zero-order chi connectivity index (χ0) is 21.3. The summed E-state index contributed by atoms with van der Waals surface area (Å²) in [7, 11) is 0. The Balaban J connectivity index is 2.29. The molecule has 152 valence electrons. The van der Waals surface area contributed by atoms with Gasteiger partial charge in [0, 0.05) is 27.7 Å². The smallest absolute Gasteiger partial charge is 0.311 e. The number of aromatic hydroxyl groups is 1. The highest BCUT2D eigenvalue weighted by atomic mass is 35.5. The Kier molecular flexibility index (Phi) is 5.94. The van der Waals surface area contributed by atoms with E-state index >= 15 is 0 Å². The van der Waals surface area contributed by atoms with Gasteiger partial charge in [0.2, 0.25) is 0 Å². The average Bonchev–Trinajstić information content (AvgIpc) is 2.94. The number of fused-ring (bicyclic) bond motifs is 1. The molecule has 0 saturated carbocycles. The van der Waals surface area contributed by atoms with Gasteiger partial charge in [-0.1, -0.05) is 31.4 Å². The predicted molar refractivity (Wildman–Crippen MR) is 109 cm³/mol. The van der Waals surface area contributed by atoms with E-state index < -0.39 is 29.4 Å². The van der Waals surface area contributed by atoms with Gasteiger partial charge in [-0.2, -0.15) is 0 Å². The Labute approximate surface area is 172 Å². The van der Waals surface area contributed by atoms with Crippen LogP contribution in [0.15, 0.2) is 36.4 Å². The van der Waals surface area contributed by atoms with Crippen molar-refractivity contribution in [2.45, 2.75) is 39.0 Å². The summed E-state index contributed by atoms with van der Waals surface area (Å²) in [5.74, 6) is -3.80. The second-order valence-corrected chi connectivity index (χ2v) is 7.44. The van der Waals surface area contributed by atoms with E-state index in [-0.39, 0.29) is 5.52 Å². The minimum atomic E-state index is -1.02. The van der Waals surface area contributed by atoms with Gasteiger partial charge in [0.25, 0.3) is 5.91 Å². The molecule has 1 heterocycles. The molecule has 29 heavy (non-hydrogen) atoms. The number of aromatic nitrogens is 1. The number of unbranched alkanes of at least 4 members (excludes halogenated alkanes) is 1. The van der Waals surface area contributed by atoms with Crippen LogP contribution in [-0.2, 0) is 4.79 Å². The number of halogens is 2. The van der Waals surface area contributed by atoms with Crippen molar-refractivity contribution in [2.75, 3.05) is 0 Å². The summed E-state index contributed by atoms with van der Waals surface area (Å²) in [5, 5.41) is 20.5. The highest BCUT2D eigenvalue weighted by Crippen LogP contribution is 2.38. The number of nitrogens with zero attached hydrogens (tertiary/aromatic N) is 1. The first-order valence-electron chi connectivity index (χ1n) is 9.32. The maximum Gasteiger partial charge on any atom is 0.311 e. The Hall–Kier alpha value is -2.86. The van der Waals surface area contributed by atoms with Crippen LogP contribution >= 0.6 is 11.6 Å². The number of carbonyl (C=O) groups is 2. The van der Waals surface area contributed by atoms with Crippen LogP contribution in [0.1, 0.15) is 53.7 Å². The van der Waals surface area contributed by atoms with E-state index in [1.54, 1.807) is 31.2 Å². The van der Waals surface area contributed by atoms with Gasteiger partial charge in [-0.25, -0.2) is 4.39 Å². The van der Waals surface area contributed by atoms with Crippen LogP contribution in [0.2, 0.25) is 5.02 Å². The van der Waals surface area contributed by atoms with Crippen LogP contribution in [0.4, 0.5) is 4.39 Å². The predicted octanol–water partition coefficient (Wildman–Crippen LogP) is 5.49. The van der Waals surface area contributed by atoms with Crippen LogP contribution < -0.4 is 0 Å². The van der Waals surface area contributed by atoms with Crippen molar-refractivity contribution in [3.8, 4) is 5.75 Å². The Morgan fingerprint density at radius 2 is 1.86 bits per heavy atom. The van der Waals surface area contributed by atoms with Crippen molar-refractivity contribution in [3.05, 3.63) is 64.1 Å². The molecular formula is C22H21ClFNO4. The Morgan fingerprint density at radius 1 is 1.21 bits per heavy atom. The number of hydrogen-bond donors (Lipinski definition) is 2. The van der Waals surface area contributed by atoms with Crippen molar-refractivity contribution in [1.29, 1.82) is 0 Å². The molecular weight excluding hydrogens is 397 g/mol. The summed E-state index contributed by atoms with van der Waals surface area (Å²) in [6.45, 7) is 3.60. The van der Waals surface area contributed by atoms with E-state index in [0.29, 0.717) is 40.1 Å². The van der Waals surface area contributed by atoms with Crippen molar-refractivity contribution in [2.24, 2.45) is 0 Å². The number of carboxylic acid groups (broad SMARTS) is 1. The minimum absolute atomic E-state index is 0.218. The summed E-state index contributed by atoms with van der Waals surface area (Å²) < 4.78 is 15.4. The molecule has 1 atom stereocenters. The highest BCUT2D eigenvalue weighted by molar-refractivity contribution is 6.30. The molecule has 3 rings (SSSR count). The van der Waals surface area contributed by atoms with Crippen LogP contribution in [0.5, 0.6) is 5.75 Å². The molecule has 3 aromatic rings. The van der Waals surface area contributed by atoms with Gasteiger partial charge in [0.1, 0.15) is 0 Å². The van der Waals surface area contributed by atoms with Gasteiger partial charge in [-0.15, -0.1) is 0 Å². The SMILES string of the molecule is CCCC[C@H](C(=O)O)c1c(C)n(C(=O)c2ccc(Cl)cc2)c2cc(F)c(O)cc12. The van der Waals surface area contributed by atoms with Gasteiger partial charge < -0.3 is 10.2 Å². The first-order chi connectivity index (χ1) is 13.8. The molecule has 0 saturated heterocycles. The van der Waals surface area contributed by atoms with Gasteiger partial charge in [-0.05, 0) is 49.2 Å². The molecule has 7 heteroatoms. The molecule has 0 spiro atoms. The van der Waals surface area contributed by atoms with E-state index in [4.69, 9.17) is 11.6 Å². The van der Waals surface area contributed by atoms with Crippen molar-refractivity contribution in [1.82, 2.24) is 4.57 Å². The Bertz CT molecular complexity index is 1090. The lowest BCUT2D eigenvalue weighted by atomic mass is 9.91. The summed E-state index contributed by atoms with van der Waals surface area (Å²) in [4.78, 5) is 25.2. The topological polar surface area (TPSA) is 79.5 Å². The number of carbonyl (C=O) groups excluding carboxylic acids is 1. The third-order valence-electron chi connectivity index (χ3n) is 5.11. The summed E-state index contributed by atoms with van der Waals surface area (Å²) >= 11 is 5.90. The highest BCUT2D eigenvalue weighted by Gasteiger charge is 2.29. The molecule has 0 aliphatic rings. The molecule has 0 amide bonds. The second-order valence-electron chi connectivity index (χ2n) is 7.00. The van der Waals surface area contributed by atoms with Gasteiger partial charge in [0.15, 0.2) is 11.6 Å². The van der Waals surface area contributed by atoms with Crippen LogP contribution in [0.25, 0.3) is 10.9 Å². The fourth-order valence-electron chi connectivity index (χ4n) is 3.67. The molecule has 2 aromatic carbocycles. The molecule has 0 aliphatic carbocycles. The molecule has 0 radical (unpaired) electrons. The normalized spacial score (nSPS) is 12.3. The maximum absolute atomic E-state index is 14.1. The molecule has 5 nitrogen and oxygen atoms in total. The van der Waals surface area contributed by atoms with Crippen molar-refractivity contribution in [3.63, 3.8) is 0 Å². The lowest BCUT2D eigenvalue weighted by molar-refractivity contribution is -0.139. The van der Waals surface area contributed by atoms with E-state index in [9.17, 15) is 24.2 Å². The van der Waals surface area contributed by atoms with Crippen molar-refractivity contribution >= 4 is 34.4 Å². The summed E-state index contributed by atoms with van der Waals surface area (Å²) in [6, 6.07) is 8.51. The molecule has 2 N–H and O–H groups in total. The number of benzene rings is 2. The number of phenolic OH excluding ortho intramolecular Hbond substituents is 1. The molecule has 0 bridgehead atoms. The molecule has 0 fully saturated rings. The monoisotopic (exact) mass is 417 g/mol. The van der Waals surface area contributed by atoms with E-state index in [0.717, 1.165) is 12.5 Å². The zero-order valence-electron chi connectivity index (χ0n) is 16.1.